The van der Waals surface area contributed by atoms with Gasteiger partial charge in [0.1, 0.15) is 29.8 Å². The van der Waals surface area contributed by atoms with E-state index < -0.39 is 64.1 Å². The van der Waals surface area contributed by atoms with Gasteiger partial charge in [0.15, 0.2) is 5.78 Å². The number of carbonyl (C=O) groups is 5. The minimum atomic E-state index is -2.97. The zero-order valence-electron chi connectivity index (χ0n) is 45.5. The lowest BCUT2D eigenvalue weighted by molar-refractivity contribution is -0.144. The van der Waals surface area contributed by atoms with Crippen LogP contribution in [0.4, 0.5) is 0 Å². The normalized spacial score (nSPS) is 20.6. The van der Waals surface area contributed by atoms with Crippen LogP contribution in [0.3, 0.4) is 0 Å². The van der Waals surface area contributed by atoms with Gasteiger partial charge in [-0.25, -0.2) is 0 Å². The first kappa shape index (κ1) is 56.5. The predicted octanol–water partition coefficient (Wildman–Crippen LogP) is 7.83. The number of fused-ring (bicyclic) bond motifs is 1. The monoisotopic (exact) mass is 1050 g/mol. The van der Waals surface area contributed by atoms with E-state index >= 15 is 0 Å². The fourth-order valence-electron chi connectivity index (χ4n) is 11.0. The molecule has 2 heterocycles. The van der Waals surface area contributed by atoms with Gasteiger partial charge in [-0.05, 0) is 100 Å². The molecule has 13 heteroatoms. The first-order valence-electron chi connectivity index (χ1n) is 26.8. The topological polar surface area (TPSA) is 143 Å². The molecule has 3 N–H and O–H groups in total. The summed E-state index contributed by atoms with van der Waals surface area (Å²) in [5, 5.41) is 13.0. The minimum Gasteiger partial charge on any atom is -0.403 e. The second-order valence-electron chi connectivity index (χ2n) is 22.6. The number of unbranched alkanes of at least 4 members (excludes halogenated alkanes) is 1. The van der Waals surface area contributed by atoms with Crippen LogP contribution in [0.2, 0.25) is 10.1 Å². The van der Waals surface area contributed by atoms with Crippen molar-refractivity contribution in [1.82, 2.24) is 20.9 Å². The molecule has 75 heavy (non-hydrogen) atoms. The zero-order valence-corrected chi connectivity index (χ0v) is 47.5. The van der Waals surface area contributed by atoms with Gasteiger partial charge < -0.3 is 29.7 Å². The van der Waals surface area contributed by atoms with Gasteiger partial charge >= 0.3 is 0 Å². The highest BCUT2D eigenvalue weighted by Gasteiger charge is 2.52. The first-order valence-corrected chi connectivity index (χ1v) is 30.6. The van der Waals surface area contributed by atoms with Gasteiger partial charge in [-0.3, -0.25) is 24.0 Å². The Hall–Kier alpha value is -6.26. The molecule has 396 valence electrons. The van der Waals surface area contributed by atoms with E-state index in [0.29, 0.717) is 38.8 Å². The molecule has 2 fully saturated rings. The van der Waals surface area contributed by atoms with Gasteiger partial charge in [0.2, 0.25) is 23.6 Å². The van der Waals surface area contributed by atoms with Crippen LogP contribution in [0.25, 0.3) is 0 Å². The summed E-state index contributed by atoms with van der Waals surface area (Å²) < 4.78 is 14.2. The number of benzene rings is 5. The molecule has 5 aromatic rings. The van der Waals surface area contributed by atoms with Crippen molar-refractivity contribution >= 4 is 66.8 Å². The molecular formula is C62H78N4O7Si2. The number of carbonyl (C=O) groups excluding carboxylic acids is 5. The molecule has 0 spiro atoms. The molecule has 0 aromatic heterocycles. The number of nitrogens with zero attached hydrogens (tertiary/aromatic N) is 1. The van der Waals surface area contributed by atoms with Crippen molar-refractivity contribution in [3.8, 4) is 0 Å². The standard InChI is InChI=1S/C62H78N4O7Si2/c1-10-62(9)59(71)64-53(43-46-38-40-47(41-39-46)44-72-74(60(3,4)5,48-27-16-11-17-28-48)49-29-18-12-19-30-49)58(70)66-42-26-36-54(66)57(69)63-52(56(68)65-62)35-24-15-25-37-55(67)45(2)73-75(61(6,7)8,50-31-20-13-21-32-50)51-33-22-14-23-34-51/h11-14,16-23,25,27-34,37-41,45,52-54H,10,15,24,26,35-36,42-44H2,1-9H3,(H,63,69)(H,64,71)(H,65,68)/b37-25+/t45-,52+,53+,54-,62+/m1/s1. The molecule has 2 aliphatic rings. The molecule has 2 aliphatic heterocycles. The van der Waals surface area contributed by atoms with Gasteiger partial charge in [0.05, 0.1) is 6.61 Å². The van der Waals surface area contributed by atoms with Gasteiger partial charge in [0, 0.05) is 13.0 Å². The van der Waals surface area contributed by atoms with Crippen LogP contribution in [0.5, 0.6) is 0 Å². The minimum absolute atomic E-state index is 0.164. The van der Waals surface area contributed by atoms with Crippen molar-refractivity contribution in [2.75, 3.05) is 6.54 Å². The van der Waals surface area contributed by atoms with E-state index in [1.807, 2.05) is 79.7 Å². The Morgan fingerprint density at radius 3 is 1.68 bits per heavy atom. The van der Waals surface area contributed by atoms with Crippen molar-refractivity contribution in [2.24, 2.45) is 0 Å². The van der Waals surface area contributed by atoms with E-state index in [2.05, 4.69) is 130 Å². The van der Waals surface area contributed by atoms with Gasteiger partial charge in [-0.1, -0.05) is 200 Å². The van der Waals surface area contributed by atoms with Crippen molar-refractivity contribution < 1.29 is 32.8 Å². The predicted molar refractivity (Wildman–Crippen MR) is 304 cm³/mol. The van der Waals surface area contributed by atoms with Gasteiger partial charge in [0.25, 0.3) is 16.6 Å². The van der Waals surface area contributed by atoms with Crippen LogP contribution >= 0.6 is 0 Å². The largest absolute Gasteiger partial charge is 0.403 e. The summed E-state index contributed by atoms with van der Waals surface area (Å²) in [6.45, 7) is 19.3. The van der Waals surface area contributed by atoms with Crippen LogP contribution in [-0.4, -0.2) is 87.3 Å². The molecule has 5 aromatic carbocycles. The highest BCUT2D eigenvalue weighted by Crippen LogP contribution is 2.39. The number of allylic oxidation sites excluding steroid dienone is 1. The van der Waals surface area contributed by atoms with Crippen LogP contribution in [0.1, 0.15) is 112 Å². The van der Waals surface area contributed by atoms with E-state index in [0.717, 1.165) is 21.5 Å². The van der Waals surface area contributed by atoms with E-state index in [4.69, 9.17) is 8.85 Å². The Bertz CT molecular complexity index is 2680. The van der Waals surface area contributed by atoms with E-state index in [-0.39, 0.29) is 41.0 Å². The fraction of sp³-hybridized carbons (Fsp3) is 0.403. The molecular weight excluding hydrogens is 969 g/mol. The maximum absolute atomic E-state index is 14.6. The maximum Gasteiger partial charge on any atom is 0.262 e. The third-order valence-electron chi connectivity index (χ3n) is 15.3. The van der Waals surface area contributed by atoms with Gasteiger partial charge in [-0.2, -0.15) is 0 Å². The highest BCUT2D eigenvalue weighted by atomic mass is 28.4. The Balaban J connectivity index is 1.02. The smallest absolute Gasteiger partial charge is 0.262 e. The summed E-state index contributed by atoms with van der Waals surface area (Å²) in [6.07, 6.45) is 5.22. The summed E-state index contributed by atoms with van der Waals surface area (Å²) in [7, 11) is -5.76. The first-order chi connectivity index (χ1) is 35.7. The molecule has 0 saturated carbocycles. The molecule has 0 unspecified atom stereocenters. The van der Waals surface area contributed by atoms with Crippen molar-refractivity contribution in [3.05, 3.63) is 169 Å². The molecule has 2 saturated heterocycles. The Morgan fingerprint density at radius 1 is 0.693 bits per heavy atom. The lowest BCUT2D eigenvalue weighted by Gasteiger charge is -2.44. The molecule has 0 radical (unpaired) electrons. The van der Waals surface area contributed by atoms with Crippen LogP contribution in [0.15, 0.2) is 158 Å². The number of amides is 4. The maximum atomic E-state index is 14.6. The lowest BCUT2D eigenvalue weighted by Crippen LogP contribution is -2.68. The molecule has 0 aliphatic carbocycles. The molecule has 7 rings (SSSR count). The van der Waals surface area contributed by atoms with Gasteiger partial charge in [-0.15, -0.1) is 0 Å². The molecule has 5 atom stereocenters. The van der Waals surface area contributed by atoms with Crippen LogP contribution < -0.4 is 36.7 Å². The summed E-state index contributed by atoms with van der Waals surface area (Å²) >= 11 is 0. The lowest BCUT2D eigenvalue weighted by atomic mass is 9.94. The highest BCUT2D eigenvalue weighted by molar-refractivity contribution is 7.00. The third kappa shape index (κ3) is 12.6. The second kappa shape index (κ2) is 24.2. The second-order valence-corrected chi connectivity index (χ2v) is 31.1. The summed E-state index contributed by atoms with van der Waals surface area (Å²) in [5.41, 5.74) is 0.413. The van der Waals surface area contributed by atoms with Crippen LogP contribution in [0, 0.1) is 0 Å². The zero-order chi connectivity index (χ0) is 54.0. The number of ketones is 1. The van der Waals surface area contributed by atoms with Crippen LogP contribution in [-0.2, 0) is 45.9 Å². The number of rotatable bonds is 18. The van der Waals surface area contributed by atoms with Crippen molar-refractivity contribution in [2.45, 2.75) is 154 Å². The molecule has 0 bridgehead atoms. The van der Waals surface area contributed by atoms with E-state index in [1.165, 1.54) is 10.4 Å². The quantitative estimate of drug-likeness (QED) is 0.0462. The number of nitrogens with one attached hydrogen (secondary N) is 3. The fourth-order valence-corrected chi connectivity index (χ4v) is 20.2. The SMILES string of the molecule is CC[C@]1(C)NC(=O)[C@H](CCC/C=C/C(=O)[C@@H](C)O[Si](c2ccccc2)(c2ccccc2)C(C)(C)C)NC(=O)[C@H]2CCCN2C(=O)[C@H](Cc2ccc(CO[Si](c3ccccc3)(c3ccccc3)C(C)(C)C)cc2)NC1=O. The Labute approximate surface area is 447 Å². The molecule has 11 nitrogen and oxygen atoms in total. The number of hydrogen-bond acceptors (Lipinski definition) is 7. The average molecular weight is 1050 g/mol. The van der Waals surface area contributed by atoms with E-state index in [9.17, 15) is 24.0 Å². The summed E-state index contributed by atoms with van der Waals surface area (Å²) in [6, 6.07) is 46.6. The third-order valence-corrected chi connectivity index (χ3v) is 25.4. The summed E-state index contributed by atoms with van der Waals surface area (Å²) in [5.74, 6) is -1.88. The Morgan fingerprint density at radius 2 is 1.19 bits per heavy atom. The van der Waals surface area contributed by atoms with Crippen molar-refractivity contribution in [3.63, 3.8) is 0 Å². The number of hydrogen-bond donors (Lipinski definition) is 3. The van der Waals surface area contributed by atoms with E-state index in [1.54, 1.807) is 30.9 Å². The van der Waals surface area contributed by atoms with Crippen molar-refractivity contribution in [1.29, 1.82) is 0 Å². The average Bonchev–Trinajstić information content (AvgIpc) is 3.90. The molecule has 4 amide bonds. The Kier molecular flexibility index (Phi) is 18.2. The summed E-state index contributed by atoms with van der Waals surface area (Å²) in [4.78, 5) is 72.7.